The smallest absolute Gasteiger partial charge is 0.254 e. The molecule has 2 aromatic carbocycles. The van der Waals surface area contributed by atoms with Gasteiger partial charge in [0, 0.05) is 24.2 Å². The van der Waals surface area contributed by atoms with Gasteiger partial charge in [0.25, 0.3) is 5.91 Å². The minimum atomic E-state index is -0.0207. The Morgan fingerprint density at radius 1 is 1.04 bits per heavy atom. The van der Waals surface area contributed by atoms with Gasteiger partial charge in [-0.3, -0.25) is 4.79 Å². The molecule has 1 fully saturated rings. The largest absolute Gasteiger partial charge is 0.436 e. The van der Waals surface area contributed by atoms with Crippen molar-refractivity contribution in [1.82, 2.24) is 9.88 Å². The maximum atomic E-state index is 13.2. The number of rotatable bonds is 3. The molecule has 1 aromatic heterocycles. The zero-order chi connectivity index (χ0) is 19.7. The highest BCUT2D eigenvalue weighted by molar-refractivity contribution is 6.00. The van der Waals surface area contributed by atoms with E-state index in [4.69, 9.17) is 9.15 Å². The first-order chi connectivity index (χ1) is 13.5. The Labute approximate surface area is 165 Å². The van der Waals surface area contributed by atoms with Gasteiger partial charge < -0.3 is 14.1 Å². The number of carbonyl (C=O) groups excluding carboxylic acids is 1. The molecule has 3 aromatic rings. The number of carbonyl (C=O) groups is 1. The van der Waals surface area contributed by atoms with E-state index in [-0.39, 0.29) is 18.1 Å². The molecule has 1 saturated heterocycles. The minimum absolute atomic E-state index is 0.0207. The van der Waals surface area contributed by atoms with Crippen LogP contribution in [-0.4, -0.2) is 41.1 Å². The molecule has 28 heavy (non-hydrogen) atoms. The predicted octanol–water partition coefficient (Wildman–Crippen LogP) is 4.57. The van der Waals surface area contributed by atoms with Gasteiger partial charge in [-0.2, -0.15) is 0 Å². The molecule has 4 rings (SSSR count). The molecular weight excluding hydrogens is 352 g/mol. The van der Waals surface area contributed by atoms with Gasteiger partial charge in [-0.15, -0.1) is 0 Å². The molecule has 2 heterocycles. The molecule has 2 atom stereocenters. The number of ether oxygens (including phenoxy) is 1. The van der Waals surface area contributed by atoms with Crippen LogP contribution >= 0.6 is 0 Å². The lowest BCUT2D eigenvalue weighted by Crippen LogP contribution is -2.48. The van der Waals surface area contributed by atoms with Crippen LogP contribution in [-0.2, 0) is 4.74 Å². The summed E-state index contributed by atoms with van der Waals surface area (Å²) < 4.78 is 11.8. The number of benzene rings is 2. The van der Waals surface area contributed by atoms with Crippen molar-refractivity contribution in [1.29, 1.82) is 0 Å². The first-order valence-corrected chi connectivity index (χ1v) is 9.58. The highest BCUT2D eigenvalue weighted by Gasteiger charge is 2.28. The van der Waals surface area contributed by atoms with Gasteiger partial charge in [-0.05, 0) is 32.9 Å². The highest BCUT2D eigenvalue weighted by Crippen LogP contribution is 2.29. The number of aryl methyl sites for hydroxylation is 1. The molecule has 5 nitrogen and oxygen atoms in total. The minimum Gasteiger partial charge on any atom is -0.436 e. The summed E-state index contributed by atoms with van der Waals surface area (Å²) in [6.45, 7) is 7.19. The maximum absolute atomic E-state index is 13.2. The van der Waals surface area contributed by atoms with Crippen LogP contribution in [0, 0.1) is 6.92 Å². The van der Waals surface area contributed by atoms with E-state index in [1.807, 2.05) is 74.2 Å². The first kappa shape index (κ1) is 18.4. The molecule has 5 heteroatoms. The zero-order valence-corrected chi connectivity index (χ0v) is 16.4. The quantitative estimate of drug-likeness (QED) is 0.672. The van der Waals surface area contributed by atoms with Crippen molar-refractivity contribution < 1.29 is 13.9 Å². The molecule has 0 N–H and O–H groups in total. The topological polar surface area (TPSA) is 55.6 Å². The van der Waals surface area contributed by atoms with Crippen LogP contribution in [0.15, 0.2) is 59.1 Å². The summed E-state index contributed by atoms with van der Waals surface area (Å²) in [7, 11) is 0. The van der Waals surface area contributed by atoms with Gasteiger partial charge >= 0.3 is 0 Å². The lowest BCUT2D eigenvalue weighted by molar-refractivity contribution is -0.0586. The van der Waals surface area contributed by atoms with E-state index in [0.717, 1.165) is 5.56 Å². The fourth-order valence-electron chi connectivity index (χ4n) is 3.62. The lowest BCUT2D eigenvalue weighted by Gasteiger charge is -2.35. The van der Waals surface area contributed by atoms with Gasteiger partial charge in [0.1, 0.15) is 0 Å². The third-order valence-corrected chi connectivity index (χ3v) is 4.94. The normalized spacial score (nSPS) is 19.6. The SMILES string of the molecule is Cc1ccc(-c2cnc(-c3ccccc3C(=O)N3C[C@@H](C)O[C@@H](C)C3)o2)cc1. The number of oxazole rings is 1. The van der Waals surface area contributed by atoms with Gasteiger partial charge in [0.2, 0.25) is 5.89 Å². The summed E-state index contributed by atoms with van der Waals surface area (Å²) in [6, 6.07) is 15.6. The number of amides is 1. The Bertz CT molecular complexity index is 968. The van der Waals surface area contributed by atoms with Gasteiger partial charge in [0.05, 0.1) is 24.0 Å². The predicted molar refractivity (Wildman–Crippen MR) is 108 cm³/mol. The second-order valence-corrected chi connectivity index (χ2v) is 7.41. The summed E-state index contributed by atoms with van der Waals surface area (Å²) >= 11 is 0. The van der Waals surface area contributed by atoms with Crippen molar-refractivity contribution in [2.75, 3.05) is 13.1 Å². The van der Waals surface area contributed by atoms with Crippen molar-refractivity contribution in [2.45, 2.75) is 33.0 Å². The van der Waals surface area contributed by atoms with E-state index in [2.05, 4.69) is 4.98 Å². The molecule has 0 radical (unpaired) electrons. The molecule has 0 aliphatic carbocycles. The van der Waals surface area contributed by atoms with Crippen LogP contribution < -0.4 is 0 Å². The lowest BCUT2D eigenvalue weighted by atomic mass is 10.1. The van der Waals surface area contributed by atoms with Crippen LogP contribution in [0.2, 0.25) is 0 Å². The average molecular weight is 376 g/mol. The number of aromatic nitrogens is 1. The molecular formula is C23H24N2O3. The summed E-state index contributed by atoms with van der Waals surface area (Å²) in [5.41, 5.74) is 3.45. The molecule has 1 aliphatic rings. The molecule has 0 saturated carbocycles. The molecule has 0 bridgehead atoms. The van der Waals surface area contributed by atoms with Gasteiger partial charge in [0.15, 0.2) is 5.76 Å². The fourth-order valence-corrected chi connectivity index (χ4v) is 3.62. The summed E-state index contributed by atoms with van der Waals surface area (Å²) in [5.74, 6) is 1.12. The van der Waals surface area contributed by atoms with E-state index in [9.17, 15) is 4.79 Å². The number of morpholine rings is 1. The van der Waals surface area contributed by atoms with Crippen molar-refractivity contribution in [3.8, 4) is 22.8 Å². The maximum Gasteiger partial charge on any atom is 0.254 e. The average Bonchev–Trinajstić information content (AvgIpc) is 3.17. The van der Waals surface area contributed by atoms with Crippen LogP contribution in [0.25, 0.3) is 22.8 Å². The summed E-state index contributed by atoms with van der Waals surface area (Å²) in [6.07, 6.45) is 1.75. The van der Waals surface area contributed by atoms with Gasteiger partial charge in [-0.1, -0.05) is 42.0 Å². The van der Waals surface area contributed by atoms with Crippen molar-refractivity contribution in [3.63, 3.8) is 0 Å². The first-order valence-electron chi connectivity index (χ1n) is 9.58. The van der Waals surface area contributed by atoms with Crippen molar-refractivity contribution >= 4 is 5.91 Å². The molecule has 1 aliphatic heterocycles. The van der Waals surface area contributed by atoms with Crippen molar-refractivity contribution in [2.24, 2.45) is 0 Å². The molecule has 144 valence electrons. The molecule has 0 unspecified atom stereocenters. The van der Waals surface area contributed by atoms with E-state index >= 15 is 0 Å². The van der Waals surface area contributed by atoms with Crippen LogP contribution in [0.1, 0.15) is 29.8 Å². The van der Waals surface area contributed by atoms with E-state index in [0.29, 0.717) is 35.9 Å². The van der Waals surface area contributed by atoms with Crippen LogP contribution in [0.3, 0.4) is 0 Å². The van der Waals surface area contributed by atoms with Crippen LogP contribution in [0.4, 0.5) is 0 Å². The van der Waals surface area contributed by atoms with Crippen LogP contribution in [0.5, 0.6) is 0 Å². The third-order valence-electron chi connectivity index (χ3n) is 4.94. The Morgan fingerprint density at radius 3 is 2.43 bits per heavy atom. The standard InChI is InChI=1S/C23H24N2O3/c1-15-8-10-18(11-9-15)21-12-24-22(28-21)19-6-4-5-7-20(19)23(26)25-13-16(2)27-17(3)14-25/h4-12,16-17H,13-14H2,1-3H3/t16-,17+. The number of hydrogen-bond acceptors (Lipinski definition) is 4. The van der Waals surface area contributed by atoms with E-state index in [1.165, 1.54) is 5.56 Å². The third kappa shape index (κ3) is 3.71. The Morgan fingerprint density at radius 2 is 1.71 bits per heavy atom. The number of hydrogen-bond donors (Lipinski definition) is 0. The molecule has 0 spiro atoms. The number of nitrogens with zero attached hydrogens (tertiary/aromatic N) is 2. The Hall–Kier alpha value is -2.92. The Kier molecular flexibility index (Phi) is 5.01. The monoisotopic (exact) mass is 376 g/mol. The Balaban J connectivity index is 1.65. The highest BCUT2D eigenvalue weighted by atomic mass is 16.5. The van der Waals surface area contributed by atoms with Gasteiger partial charge in [-0.25, -0.2) is 4.98 Å². The van der Waals surface area contributed by atoms with Crippen molar-refractivity contribution in [3.05, 3.63) is 65.9 Å². The zero-order valence-electron chi connectivity index (χ0n) is 16.4. The second kappa shape index (κ2) is 7.60. The fraction of sp³-hybridized carbons (Fsp3) is 0.304. The summed E-state index contributed by atoms with van der Waals surface area (Å²) in [4.78, 5) is 19.5. The van der Waals surface area contributed by atoms with E-state index in [1.54, 1.807) is 6.20 Å². The molecule has 1 amide bonds. The second-order valence-electron chi connectivity index (χ2n) is 7.41. The van der Waals surface area contributed by atoms with E-state index < -0.39 is 0 Å². The summed E-state index contributed by atoms with van der Waals surface area (Å²) in [5, 5.41) is 0.